The molecule has 2 aromatic heterocycles. The van der Waals surface area contributed by atoms with Gasteiger partial charge < -0.3 is 29.0 Å². The largest absolute Gasteiger partial charge is 0.469 e. The second-order valence-corrected chi connectivity index (χ2v) is 23.9. The zero-order valence-corrected chi connectivity index (χ0v) is 43.6. The Labute approximate surface area is 422 Å². The Kier molecular flexibility index (Phi) is 15.9. The number of piperidine rings is 2. The second-order valence-electron chi connectivity index (χ2n) is 23.9. The number of imidazole rings is 2. The van der Waals surface area contributed by atoms with Crippen LogP contribution in [0.1, 0.15) is 177 Å². The molecule has 5 fully saturated rings. The molecular formula is C56H77F4N7O5. The lowest BCUT2D eigenvalue weighted by atomic mass is 9.86. The number of aromatic nitrogens is 4. The Balaban J connectivity index is 0.000000193. The van der Waals surface area contributed by atoms with Gasteiger partial charge in [-0.05, 0) is 124 Å². The van der Waals surface area contributed by atoms with Crippen LogP contribution in [-0.4, -0.2) is 104 Å². The number of hydrogen-bond donors (Lipinski definition) is 1. The normalized spacial score (nSPS) is 20.6. The molecule has 3 aliphatic carbocycles. The number of amides is 3. The maximum atomic E-state index is 13.7. The van der Waals surface area contributed by atoms with Crippen LogP contribution in [-0.2, 0) is 38.2 Å². The quantitative estimate of drug-likeness (QED) is 0.117. The van der Waals surface area contributed by atoms with Crippen LogP contribution in [0.3, 0.4) is 0 Å². The molecule has 9 rings (SSSR count). The molecule has 0 bridgehead atoms. The van der Waals surface area contributed by atoms with E-state index in [9.17, 15) is 36.7 Å². The van der Waals surface area contributed by atoms with Crippen LogP contribution in [0.4, 0.5) is 17.6 Å². The first kappa shape index (κ1) is 53.3. The highest BCUT2D eigenvalue weighted by molar-refractivity contribution is 5.98. The third-order valence-electron chi connectivity index (χ3n) is 15.8. The maximum Gasteiger partial charge on any atom is 0.305 e. The number of nitrogens with one attached hydrogen (secondary N) is 1. The molecule has 2 saturated heterocycles. The lowest BCUT2D eigenvalue weighted by molar-refractivity contribution is -0.142. The Morgan fingerprint density at radius 1 is 0.583 bits per heavy atom. The van der Waals surface area contributed by atoms with E-state index in [1.165, 1.54) is 7.11 Å². The zero-order valence-electron chi connectivity index (χ0n) is 43.6. The summed E-state index contributed by atoms with van der Waals surface area (Å²) < 4.78 is 63.9. The predicted molar refractivity (Wildman–Crippen MR) is 270 cm³/mol. The Morgan fingerprint density at radius 2 is 0.972 bits per heavy atom. The van der Waals surface area contributed by atoms with Crippen molar-refractivity contribution in [3.8, 4) is 0 Å². The van der Waals surface area contributed by atoms with E-state index >= 15 is 0 Å². The standard InChI is InChI=1S/C29H40F2N4O2.C27H37F2N3O3/c1-28(2,3)27-33-23-17-21(4-7-24(23)35(27)18-20-8-12-29(30,31)13-9-20)26(37)34-14-10-19(11-15-34)16-25(36)32-22-5-6-22;1-26(2,3)25-30-21-16-20(24(34)31-13-9-18(10-14-31)15-23(33)35-4)5-6-22(21)32(25)17-19-7-11-27(28,29)12-8-19/h4,7,17,19-20,22H,5-6,8-16,18H2,1-3H3,(H,32,36);5-6,16,18-19H,7-15,17H2,1-4H3. The van der Waals surface area contributed by atoms with Gasteiger partial charge >= 0.3 is 5.97 Å². The highest BCUT2D eigenvalue weighted by Crippen LogP contribution is 2.40. The average Bonchev–Trinajstić information content (AvgIpc) is 3.95. The molecule has 5 aliphatic rings. The fourth-order valence-corrected chi connectivity index (χ4v) is 11.3. The number of fused-ring (bicyclic) bond motifs is 2. The highest BCUT2D eigenvalue weighted by Gasteiger charge is 2.38. The van der Waals surface area contributed by atoms with Crippen molar-refractivity contribution in [3.63, 3.8) is 0 Å². The van der Waals surface area contributed by atoms with Gasteiger partial charge in [0.25, 0.3) is 11.8 Å². The summed E-state index contributed by atoms with van der Waals surface area (Å²) in [6.07, 6.45) is 8.26. The van der Waals surface area contributed by atoms with Gasteiger partial charge in [0.15, 0.2) is 0 Å². The number of benzene rings is 2. The van der Waals surface area contributed by atoms with Gasteiger partial charge in [0.2, 0.25) is 17.8 Å². The van der Waals surface area contributed by atoms with E-state index in [1.54, 1.807) is 0 Å². The Bertz CT molecular complexity index is 2570. The van der Waals surface area contributed by atoms with Crippen molar-refractivity contribution < 1.29 is 41.5 Å². The molecule has 16 heteroatoms. The number of halogens is 4. The molecule has 394 valence electrons. The van der Waals surface area contributed by atoms with Crippen LogP contribution in [0.25, 0.3) is 22.1 Å². The minimum Gasteiger partial charge on any atom is -0.469 e. The second kappa shape index (κ2) is 21.4. The fourth-order valence-electron chi connectivity index (χ4n) is 11.3. The number of carbonyl (C=O) groups is 4. The molecule has 4 aromatic rings. The van der Waals surface area contributed by atoms with Gasteiger partial charge in [-0.1, -0.05) is 41.5 Å². The van der Waals surface area contributed by atoms with Gasteiger partial charge in [-0.3, -0.25) is 19.2 Å². The van der Waals surface area contributed by atoms with Crippen LogP contribution in [0.2, 0.25) is 0 Å². The lowest BCUT2D eigenvalue weighted by Gasteiger charge is -2.32. The summed E-state index contributed by atoms with van der Waals surface area (Å²) in [7, 11) is 1.40. The van der Waals surface area contributed by atoms with E-state index in [-0.39, 0.29) is 78.0 Å². The molecule has 3 saturated carbocycles. The number of alkyl halides is 4. The highest BCUT2D eigenvalue weighted by atomic mass is 19.3. The first-order valence-corrected chi connectivity index (χ1v) is 26.7. The number of carbonyl (C=O) groups excluding carboxylic acids is 4. The van der Waals surface area contributed by atoms with Crippen LogP contribution in [0.15, 0.2) is 36.4 Å². The minimum atomic E-state index is -2.54. The summed E-state index contributed by atoms with van der Waals surface area (Å²) in [4.78, 5) is 63.8. The van der Waals surface area contributed by atoms with E-state index in [0.29, 0.717) is 101 Å². The minimum absolute atomic E-state index is 0.00384. The Hall–Kier alpha value is -5.02. The average molecular weight is 1000 g/mol. The molecule has 0 atom stereocenters. The molecule has 72 heavy (non-hydrogen) atoms. The number of rotatable bonds is 11. The predicted octanol–water partition coefficient (Wildman–Crippen LogP) is 11.3. The summed E-state index contributed by atoms with van der Waals surface area (Å²) in [6.45, 7) is 16.5. The number of methoxy groups -OCH3 is 1. The van der Waals surface area contributed by atoms with Crippen molar-refractivity contribution in [1.82, 2.24) is 34.2 Å². The maximum absolute atomic E-state index is 13.7. The number of hydrogen-bond acceptors (Lipinski definition) is 7. The molecule has 12 nitrogen and oxygen atoms in total. The monoisotopic (exact) mass is 1000 g/mol. The third kappa shape index (κ3) is 13.2. The molecular weight excluding hydrogens is 927 g/mol. The zero-order chi connectivity index (χ0) is 51.8. The summed E-state index contributed by atoms with van der Waals surface area (Å²) in [6, 6.07) is 11.8. The van der Waals surface area contributed by atoms with Gasteiger partial charge in [-0.2, -0.15) is 0 Å². The van der Waals surface area contributed by atoms with E-state index in [1.807, 2.05) is 46.2 Å². The van der Waals surface area contributed by atoms with Crippen molar-refractivity contribution in [2.45, 2.75) is 186 Å². The van der Waals surface area contributed by atoms with Crippen molar-refractivity contribution in [1.29, 1.82) is 0 Å². The van der Waals surface area contributed by atoms with Crippen molar-refractivity contribution in [2.24, 2.45) is 23.7 Å². The van der Waals surface area contributed by atoms with Gasteiger partial charge in [0, 0.05) is 106 Å². The van der Waals surface area contributed by atoms with Gasteiger partial charge in [0.1, 0.15) is 11.6 Å². The molecule has 0 spiro atoms. The topological polar surface area (TPSA) is 132 Å². The smallest absolute Gasteiger partial charge is 0.305 e. The summed E-state index contributed by atoms with van der Waals surface area (Å²) in [5.41, 5.74) is 4.25. The molecule has 0 unspecified atom stereocenters. The number of esters is 1. The van der Waals surface area contributed by atoms with Gasteiger partial charge in [0.05, 0.1) is 29.2 Å². The molecule has 1 N–H and O–H groups in total. The van der Waals surface area contributed by atoms with Crippen LogP contribution >= 0.6 is 0 Å². The molecule has 0 radical (unpaired) electrons. The summed E-state index contributed by atoms with van der Waals surface area (Å²) in [5, 5.41) is 3.06. The first-order chi connectivity index (χ1) is 33.9. The van der Waals surface area contributed by atoms with E-state index in [2.05, 4.69) is 56.0 Å². The number of nitrogens with zero attached hydrogens (tertiary/aromatic N) is 6. The van der Waals surface area contributed by atoms with Crippen molar-refractivity contribution >= 4 is 45.8 Å². The van der Waals surface area contributed by atoms with E-state index < -0.39 is 11.8 Å². The summed E-state index contributed by atoms with van der Waals surface area (Å²) >= 11 is 0. The number of likely N-dealkylation sites (tertiary alicyclic amines) is 2. The van der Waals surface area contributed by atoms with Crippen LogP contribution < -0.4 is 5.32 Å². The molecule has 2 aliphatic heterocycles. The fraction of sp³-hybridized carbons (Fsp3) is 0.679. The molecule has 2 aromatic carbocycles. The van der Waals surface area contributed by atoms with Crippen molar-refractivity contribution in [3.05, 3.63) is 59.2 Å². The molecule has 4 heterocycles. The summed E-state index contributed by atoms with van der Waals surface area (Å²) in [5.74, 6) is -2.34. The lowest BCUT2D eigenvalue weighted by Crippen LogP contribution is -2.39. The first-order valence-electron chi connectivity index (χ1n) is 26.7. The SMILES string of the molecule is CC(C)(C)c1nc2cc(C(=O)N3CCC(CC(=O)NC4CC4)CC3)ccc2n1CC1CCC(F)(F)CC1.COC(=O)CC1CCN(C(=O)c2ccc3c(c2)nc(C(C)(C)C)n3CC2CCC(F)(F)CC2)CC1. The van der Waals surface area contributed by atoms with Gasteiger partial charge in [-0.15, -0.1) is 0 Å². The van der Waals surface area contributed by atoms with Crippen molar-refractivity contribution in [2.75, 3.05) is 33.3 Å². The number of ether oxygens (including phenoxy) is 1. The van der Waals surface area contributed by atoms with E-state index in [0.717, 1.165) is 72.2 Å². The van der Waals surface area contributed by atoms with Crippen LogP contribution in [0.5, 0.6) is 0 Å². The Morgan fingerprint density at radius 3 is 1.33 bits per heavy atom. The van der Waals surface area contributed by atoms with E-state index in [4.69, 9.17) is 14.7 Å². The third-order valence-corrected chi connectivity index (χ3v) is 15.8. The van der Waals surface area contributed by atoms with Gasteiger partial charge in [-0.25, -0.2) is 27.5 Å². The van der Waals surface area contributed by atoms with Crippen LogP contribution in [0, 0.1) is 23.7 Å². The molecule has 3 amide bonds.